The van der Waals surface area contributed by atoms with E-state index in [0.29, 0.717) is 11.0 Å². The molecule has 1 aliphatic rings. The summed E-state index contributed by atoms with van der Waals surface area (Å²) in [6.45, 7) is 2.03. The Bertz CT molecular complexity index is 772. The average molecular weight is 355 g/mol. The van der Waals surface area contributed by atoms with Crippen LogP contribution in [0.25, 0.3) is 11.4 Å². The molecule has 7 heteroatoms. The lowest BCUT2D eigenvalue weighted by molar-refractivity contribution is -0.120. The number of carbonyl (C=O) groups is 1. The molecule has 0 unspecified atom stereocenters. The van der Waals surface area contributed by atoms with Gasteiger partial charge in [-0.15, -0.1) is 5.10 Å². The van der Waals surface area contributed by atoms with Crippen LogP contribution in [0.5, 0.6) is 0 Å². The molecule has 0 aliphatic heterocycles. The maximum atomic E-state index is 12.2. The highest BCUT2D eigenvalue weighted by atomic mass is 32.2. The smallest absolute Gasteiger partial charge is 0.231 e. The molecule has 0 bridgehead atoms. The van der Waals surface area contributed by atoms with Gasteiger partial charge >= 0.3 is 0 Å². The number of nitrogens with one attached hydrogen (secondary N) is 2. The van der Waals surface area contributed by atoms with Crippen molar-refractivity contribution in [2.45, 2.75) is 49.7 Å². The van der Waals surface area contributed by atoms with E-state index in [1.807, 2.05) is 31.2 Å². The number of nitriles is 1. The number of nitrogens with zero attached hydrogens (tertiary/aromatic N) is 3. The minimum absolute atomic E-state index is 0.143. The zero-order valence-electron chi connectivity index (χ0n) is 14.2. The highest BCUT2D eigenvalue weighted by Crippen LogP contribution is 2.28. The summed E-state index contributed by atoms with van der Waals surface area (Å²) in [5.74, 6) is 0.744. The number of rotatable bonds is 5. The van der Waals surface area contributed by atoms with E-state index in [4.69, 9.17) is 0 Å². The van der Waals surface area contributed by atoms with Crippen molar-refractivity contribution < 1.29 is 4.79 Å². The third-order valence-corrected chi connectivity index (χ3v) is 5.27. The summed E-state index contributed by atoms with van der Waals surface area (Å²) in [5.41, 5.74) is 1.45. The lowest BCUT2D eigenvalue weighted by atomic mass is 9.83. The molecule has 1 fully saturated rings. The second-order valence-electron chi connectivity index (χ2n) is 6.42. The molecule has 2 aromatic rings. The molecule has 0 spiro atoms. The van der Waals surface area contributed by atoms with Crippen molar-refractivity contribution >= 4 is 17.7 Å². The molecule has 0 saturated heterocycles. The van der Waals surface area contributed by atoms with E-state index in [0.717, 1.165) is 37.7 Å². The van der Waals surface area contributed by atoms with Crippen molar-refractivity contribution in [1.29, 1.82) is 5.26 Å². The minimum Gasteiger partial charge on any atom is -0.337 e. The Kier molecular flexibility index (Phi) is 5.39. The molecule has 25 heavy (non-hydrogen) atoms. The highest BCUT2D eigenvalue weighted by molar-refractivity contribution is 7.99. The van der Waals surface area contributed by atoms with E-state index >= 15 is 0 Å². The standard InChI is InChI=1S/C18H21N5OS/c1-13-5-7-14(8-6-13)16-20-17(23-22-16)25-11-15(24)21-18(12-19)9-3-2-4-10-18/h5-8H,2-4,9-11H2,1H3,(H,21,24)(H,20,22,23). The molecule has 6 nitrogen and oxygen atoms in total. The molecular formula is C18H21N5OS. The van der Waals surface area contributed by atoms with Crippen LogP contribution in [0.3, 0.4) is 0 Å². The predicted molar refractivity (Wildman–Crippen MR) is 96.9 cm³/mol. The zero-order chi connectivity index (χ0) is 17.7. The number of thioether (sulfide) groups is 1. The first-order valence-corrected chi connectivity index (χ1v) is 9.43. The molecule has 1 saturated carbocycles. The summed E-state index contributed by atoms with van der Waals surface area (Å²) in [5, 5.41) is 19.9. The van der Waals surface area contributed by atoms with Crippen LogP contribution in [0, 0.1) is 18.3 Å². The van der Waals surface area contributed by atoms with Crippen LogP contribution >= 0.6 is 11.8 Å². The monoisotopic (exact) mass is 355 g/mol. The SMILES string of the molecule is Cc1ccc(-c2nc(SCC(=O)NC3(C#N)CCCCC3)n[nH]2)cc1. The lowest BCUT2D eigenvalue weighted by Crippen LogP contribution is -2.49. The van der Waals surface area contributed by atoms with Crippen LogP contribution in [0.4, 0.5) is 0 Å². The lowest BCUT2D eigenvalue weighted by Gasteiger charge is -2.31. The number of hydrogen-bond acceptors (Lipinski definition) is 5. The van der Waals surface area contributed by atoms with Crippen LogP contribution in [-0.4, -0.2) is 32.4 Å². The average Bonchev–Trinajstić information content (AvgIpc) is 3.10. The molecule has 0 radical (unpaired) electrons. The summed E-state index contributed by atoms with van der Waals surface area (Å²) in [7, 11) is 0. The number of carbonyl (C=O) groups excluding carboxylic acids is 1. The van der Waals surface area contributed by atoms with Crippen LogP contribution in [0.15, 0.2) is 29.4 Å². The van der Waals surface area contributed by atoms with Crippen LogP contribution in [0.1, 0.15) is 37.7 Å². The van der Waals surface area contributed by atoms with Crippen molar-refractivity contribution in [1.82, 2.24) is 20.5 Å². The second-order valence-corrected chi connectivity index (χ2v) is 7.37. The molecule has 1 aliphatic carbocycles. The topological polar surface area (TPSA) is 94.5 Å². The van der Waals surface area contributed by atoms with E-state index in [2.05, 4.69) is 26.6 Å². The van der Waals surface area contributed by atoms with Crippen molar-refractivity contribution in [2.75, 3.05) is 5.75 Å². The fourth-order valence-corrected chi connectivity index (χ4v) is 3.60. The highest BCUT2D eigenvalue weighted by Gasteiger charge is 2.33. The first-order valence-electron chi connectivity index (χ1n) is 8.45. The van der Waals surface area contributed by atoms with Gasteiger partial charge < -0.3 is 5.32 Å². The zero-order valence-corrected chi connectivity index (χ0v) is 15.0. The van der Waals surface area contributed by atoms with Crippen LogP contribution in [0.2, 0.25) is 0 Å². The van der Waals surface area contributed by atoms with Crippen LogP contribution in [-0.2, 0) is 4.79 Å². The molecule has 1 heterocycles. The molecule has 0 atom stereocenters. The van der Waals surface area contributed by atoms with Gasteiger partial charge in [0.15, 0.2) is 5.82 Å². The Labute approximate surface area is 151 Å². The number of aromatic nitrogens is 3. The summed E-state index contributed by atoms with van der Waals surface area (Å²) >= 11 is 1.27. The number of hydrogen-bond donors (Lipinski definition) is 2. The van der Waals surface area contributed by atoms with Gasteiger partial charge in [-0.25, -0.2) is 4.98 Å². The number of H-pyrrole nitrogens is 1. The van der Waals surface area contributed by atoms with Gasteiger partial charge in [-0.3, -0.25) is 9.89 Å². The van der Waals surface area contributed by atoms with Gasteiger partial charge in [0.1, 0.15) is 5.54 Å². The van der Waals surface area contributed by atoms with Crippen molar-refractivity contribution in [2.24, 2.45) is 0 Å². The van der Waals surface area contributed by atoms with Gasteiger partial charge in [0.05, 0.1) is 11.8 Å². The van der Waals surface area contributed by atoms with Crippen molar-refractivity contribution in [3.05, 3.63) is 29.8 Å². The summed E-state index contributed by atoms with van der Waals surface area (Å²) < 4.78 is 0. The van der Waals surface area contributed by atoms with E-state index in [1.165, 1.54) is 17.3 Å². The van der Waals surface area contributed by atoms with Gasteiger partial charge in [-0.2, -0.15) is 5.26 Å². The molecule has 1 aromatic carbocycles. The summed E-state index contributed by atoms with van der Waals surface area (Å²) in [4.78, 5) is 16.6. The predicted octanol–water partition coefficient (Wildman–Crippen LogP) is 3.21. The quantitative estimate of drug-likeness (QED) is 0.803. The summed E-state index contributed by atoms with van der Waals surface area (Å²) in [6, 6.07) is 10.3. The molecule has 130 valence electrons. The number of benzene rings is 1. The minimum atomic E-state index is -0.693. The van der Waals surface area contributed by atoms with E-state index in [9.17, 15) is 10.1 Å². The maximum absolute atomic E-state index is 12.2. The van der Waals surface area contributed by atoms with Gasteiger partial charge in [0.2, 0.25) is 11.1 Å². The van der Waals surface area contributed by atoms with E-state index in [1.54, 1.807) is 0 Å². The fourth-order valence-electron chi connectivity index (χ4n) is 3.00. The van der Waals surface area contributed by atoms with Crippen LogP contribution < -0.4 is 5.32 Å². The first kappa shape index (κ1) is 17.5. The molecular weight excluding hydrogens is 334 g/mol. The molecule has 1 aromatic heterocycles. The third-order valence-electron chi connectivity index (χ3n) is 4.42. The number of aromatic amines is 1. The van der Waals surface area contributed by atoms with Gasteiger partial charge in [-0.1, -0.05) is 60.9 Å². The fraction of sp³-hybridized carbons (Fsp3) is 0.444. The Morgan fingerprint density at radius 2 is 2.04 bits per heavy atom. The summed E-state index contributed by atoms with van der Waals surface area (Å²) in [6.07, 6.45) is 4.58. The second kappa shape index (κ2) is 7.70. The Morgan fingerprint density at radius 1 is 1.32 bits per heavy atom. The third kappa shape index (κ3) is 4.40. The number of amides is 1. The van der Waals surface area contributed by atoms with Gasteiger partial charge in [0, 0.05) is 5.56 Å². The van der Waals surface area contributed by atoms with Gasteiger partial charge in [-0.05, 0) is 19.8 Å². The molecule has 2 N–H and O–H groups in total. The normalized spacial score (nSPS) is 16.2. The maximum Gasteiger partial charge on any atom is 0.231 e. The van der Waals surface area contributed by atoms with E-state index in [-0.39, 0.29) is 11.7 Å². The number of aryl methyl sites for hydroxylation is 1. The molecule has 3 rings (SSSR count). The van der Waals surface area contributed by atoms with Crippen molar-refractivity contribution in [3.8, 4) is 17.5 Å². The Balaban J connectivity index is 1.56. The Hall–Kier alpha value is -2.33. The van der Waals surface area contributed by atoms with Gasteiger partial charge in [0.25, 0.3) is 0 Å². The first-order chi connectivity index (χ1) is 12.1. The largest absolute Gasteiger partial charge is 0.337 e. The molecule has 1 amide bonds. The van der Waals surface area contributed by atoms with Crippen molar-refractivity contribution in [3.63, 3.8) is 0 Å². The van der Waals surface area contributed by atoms with E-state index < -0.39 is 5.54 Å². The Morgan fingerprint density at radius 3 is 2.72 bits per heavy atom.